The fraction of sp³-hybridized carbons (Fsp3) is 0.875. The van der Waals surface area contributed by atoms with Crippen LogP contribution >= 0.6 is 0 Å². The number of rotatable bonds is 5. The van der Waals surface area contributed by atoms with Gasteiger partial charge in [0.2, 0.25) is 0 Å². The van der Waals surface area contributed by atoms with E-state index in [9.17, 15) is 0 Å². The van der Waals surface area contributed by atoms with Crippen molar-refractivity contribution < 1.29 is 0 Å². The zero-order chi connectivity index (χ0) is 8.04. The van der Waals surface area contributed by atoms with Crippen LogP contribution in [0.2, 0.25) is 0 Å². The molecule has 0 aromatic heterocycles. The van der Waals surface area contributed by atoms with Crippen LogP contribution in [-0.2, 0) is 0 Å². The van der Waals surface area contributed by atoms with Crippen molar-refractivity contribution >= 4 is 6.21 Å². The normalized spacial score (nSPS) is 11.5. The molecule has 3 N–H and O–H groups in total. The van der Waals surface area contributed by atoms with Crippen LogP contribution in [0.5, 0.6) is 0 Å². The van der Waals surface area contributed by atoms with Crippen LogP contribution in [0.25, 0.3) is 0 Å². The first-order valence-electron chi connectivity index (χ1n) is 3.84. The Labute approximate surface area is 63.3 Å². The Morgan fingerprint density at radius 3 is 2.40 bits per heavy atom. The van der Waals surface area contributed by atoms with E-state index in [4.69, 9.17) is 11.1 Å². The molecule has 0 aliphatic carbocycles. The third-order valence-corrected chi connectivity index (χ3v) is 1.67. The molecule has 0 saturated carbocycles. The van der Waals surface area contributed by atoms with Gasteiger partial charge in [0, 0.05) is 6.21 Å². The van der Waals surface area contributed by atoms with Crippen LogP contribution in [0.3, 0.4) is 0 Å². The molecule has 0 rings (SSSR count). The predicted octanol–water partition coefficient (Wildman–Crippen LogP) is 1.79. The molecule has 0 spiro atoms. The van der Waals surface area contributed by atoms with Crippen LogP contribution in [0.1, 0.15) is 33.1 Å². The molecule has 0 aliphatic heterocycles. The van der Waals surface area contributed by atoms with Gasteiger partial charge in [0.1, 0.15) is 0 Å². The fourth-order valence-electron chi connectivity index (χ4n) is 0.797. The molecule has 10 heavy (non-hydrogen) atoms. The quantitative estimate of drug-likeness (QED) is 0.446. The maximum Gasteiger partial charge on any atom is 0.000867 e. The van der Waals surface area contributed by atoms with Crippen molar-refractivity contribution in [3.8, 4) is 0 Å². The SMILES string of the molecule is CC(C)(C=N)CCCCN. The van der Waals surface area contributed by atoms with E-state index in [-0.39, 0.29) is 5.41 Å². The first kappa shape index (κ1) is 9.63. The summed E-state index contributed by atoms with van der Waals surface area (Å²) in [5.74, 6) is 0. The average molecular weight is 142 g/mol. The minimum absolute atomic E-state index is 0.0785. The second-order valence-electron chi connectivity index (χ2n) is 3.38. The van der Waals surface area contributed by atoms with E-state index in [0.29, 0.717) is 0 Å². The average Bonchev–Trinajstić information content (AvgIpc) is 1.89. The van der Waals surface area contributed by atoms with Gasteiger partial charge in [-0.15, -0.1) is 0 Å². The van der Waals surface area contributed by atoms with Gasteiger partial charge in [0.15, 0.2) is 0 Å². The Morgan fingerprint density at radius 1 is 1.40 bits per heavy atom. The van der Waals surface area contributed by atoms with Crippen molar-refractivity contribution in [3.05, 3.63) is 0 Å². The molecule has 0 aromatic rings. The summed E-state index contributed by atoms with van der Waals surface area (Å²) in [7, 11) is 0. The maximum atomic E-state index is 7.08. The third kappa shape index (κ3) is 4.50. The van der Waals surface area contributed by atoms with Gasteiger partial charge >= 0.3 is 0 Å². The van der Waals surface area contributed by atoms with Crippen LogP contribution in [0, 0.1) is 10.8 Å². The van der Waals surface area contributed by atoms with Crippen molar-refractivity contribution in [2.45, 2.75) is 33.1 Å². The Morgan fingerprint density at radius 2 is 2.00 bits per heavy atom. The number of nitrogens with two attached hydrogens (primary N) is 1. The Kier molecular flexibility index (Phi) is 4.28. The molecule has 60 valence electrons. The summed E-state index contributed by atoms with van der Waals surface area (Å²) in [5.41, 5.74) is 5.42. The van der Waals surface area contributed by atoms with Crippen LogP contribution in [-0.4, -0.2) is 12.8 Å². The number of unbranched alkanes of at least 4 members (excludes halogenated alkanes) is 1. The molecular weight excluding hydrogens is 124 g/mol. The zero-order valence-corrected chi connectivity index (χ0v) is 6.98. The molecule has 0 aromatic carbocycles. The van der Waals surface area contributed by atoms with E-state index in [1.54, 1.807) is 0 Å². The Balaban J connectivity index is 3.37. The summed E-state index contributed by atoms with van der Waals surface area (Å²) in [5, 5.41) is 7.08. The van der Waals surface area contributed by atoms with Crippen LogP contribution in [0.4, 0.5) is 0 Å². The van der Waals surface area contributed by atoms with Crippen molar-refractivity contribution in [1.29, 1.82) is 5.41 Å². The summed E-state index contributed by atoms with van der Waals surface area (Å²) in [6.07, 6.45) is 4.81. The van der Waals surface area contributed by atoms with Crippen molar-refractivity contribution in [3.63, 3.8) is 0 Å². The van der Waals surface area contributed by atoms with Gasteiger partial charge in [-0.05, 0) is 24.8 Å². The largest absolute Gasteiger partial charge is 0.330 e. The molecule has 0 saturated heterocycles. The Hall–Kier alpha value is -0.370. The lowest BCUT2D eigenvalue weighted by molar-refractivity contribution is 0.457. The van der Waals surface area contributed by atoms with Crippen LogP contribution < -0.4 is 5.73 Å². The highest BCUT2D eigenvalue weighted by atomic mass is 14.5. The maximum absolute atomic E-state index is 7.08. The number of hydrogen-bond acceptors (Lipinski definition) is 2. The number of nitrogens with one attached hydrogen (secondary N) is 1. The van der Waals surface area contributed by atoms with Gasteiger partial charge in [0.25, 0.3) is 0 Å². The van der Waals surface area contributed by atoms with E-state index in [1.165, 1.54) is 6.21 Å². The topological polar surface area (TPSA) is 49.9 Å². The Bertz CT molecular complexity index is 97.4. The minimum Gasteiger partial charge on any atom is -0.330 e. The summed E-state index contributed by atoms with van der Waals surface area (Å²) in [6, 6.07) is 0. The lowest BCUT2D eigenvalue weighted by atomic mass is 9.89. The molecule has 0 unspecified atom stereocenters. The molecule has 0 fully saturated rings. The highest BCUT2D eigenvalue weighted by Crippen LogP contribution is 2.19. The second kappa shape index (κ2) is 4.45. The van der Waals surface area contributed by atoms with Gasteiger partial charge in [-0.2, -0.15) is 0 Å². The summed E-state index contributed by atoms with van der Waals surface area (Å²) in [4.78, 5) is 0. The standard InChI is InChI=1S/C8H18N2/c1-8(2,7-10)5-3-4-6-9/h7,10H,3-6,9H2,1-2H3. The molecule has 0 bridgehead atoms. The fourth-order valence-corrected chi connectivity index (χ4v) is 0.797. The van der Waals surface area contributed by atoms with E-state index >= 15 is 0 Å². The van der Waals surface area contributed by atoms with Gasteiger partial charge in [-0.1, -0.05) is 20.3 Å². The molecule has 2 nitrogen and oxygen atoms in total. The predicted molar refractivity (Wildman–Crippen MR) is 45.5 cm³/mol. The van der Waals surface area contributed by atoms with E-state index in [1.807, 2.05) is 0 Å². The summed E-state index contributed by atoms with van der Waals surface area (Å²) in [6.45, 7) is 4.93. The van der Waals surface area contributed by atoms with E-state index < -0.39 is 0 Å². The lowest BCUT2D eigenvalue weighted by Crippen LogP contribution is -2.12. The highest BCUT2D eigenvalue weighted by molar-refractivity contribution is 5.60. The zero-order valence-electron chi connectivity index (χ0n) is 6.98. The molecule has 0 atom stereocenters. The minimum atomic E-state index is 0.0785. The first-order chi connectivity index (χ1) is 4.62. The van der Waals surface area contributed by atoms with Gasteiger partial charge in [-0.25, -0.2) is 0 Å². The number of hydrogen-bond donors (Lipinski definition) is 2. The second-order valence-corrected chi connectivity index (χ2v) is 3.38. The third-order valence-electron chi connectivity index (χ3n) is 1.67. The van der Waals surface area contributed by atoms with Gasteiger partial charge in [-0.3, -0.25) is 0 Å². The van der Waals surface area contributed by atoms with Crippen molar-refractivity contribution in [1.82, 2.24) is 0 Å². The van der Waals surface area contributed by atoms with Gasteiger partial charge in [0.05, 0.1) is 0 Å². The van der Waals surface area contributed by atoms with Gasteiger partial charge < -0.3 is 11.1 Å². The molecule has 0 aliphatic rings. The molecular formula is C8H18N2. The van der Waals surface area contributed by atoms with Crippen molar-refractivity contribution in [2.24, 2.45) is 11.1 Å². The van der Waals surface area contributed by atoms with E-state index in [0.717, 1.165) is 25.8 Å². The smallest absolute Gasteiger partial charge is 0.000867 e. The molecule has 0 radical (unpaired) electrons. The van der Waals surface area contributed by atoms with Crippen LogP contribution in [0.15, 0.2) is 0 Å². The summed E-state index contributed by atoms with van der Waals surface area (Å²) >= 11 is 0. The van der Waals surface area contributed by atoms with E-state index in [2.05, 4.69) is 13.8 Å². The molecule has 2 heteroatoms. The first-order valence-corrected chi connectivity index (χ1v) is 3.84. The molecule has 0 amide bonds. The monoisotopic (exact) mass is 142 g/mol. The highest BCUT2D eigenvalue weighted by Gasteiger charge is 2.12. The van der Waals surface area contributed by atoms with Crippen molar-refractivity contribution in [2.75, 3.05) is 6.54 Å². The lowest BCUT2D eigenvalue weighted by Gasteiger charge is -2.17. The molecule has 0 heterocycles. The summed E-state index contributed by atoms with van der Waals surface area (Å²) < 4.78 is 0.